The first-order valence-corrected chi connectivity index (χ1v) is 7.10. The summed E-state index contributed by atoms with van der Waals surface area (Å²) < 4.78 is 5.98. The van der Waals surface area contributed by atoms with E-state index in [9.17, 15) is 9.59 Å². The van der Waals surface area contributed by atoms with Gasteiger partial charge in [0.05, 0.1) is 12.0 Å². The smallest absolute Gasteiger partial charge is 0.410 e. The fraction of sp³-hybridized carbons (Fsp3) is 0.692. The van der Waals surface area contributed by atoms with Gasteiger partial charge in [0.1, 0.15) is 5.60 Å². The number of carboxylic acid groups (broad SMARTS) is 1. The first kappa shape index (κ1) is 17.0. The second-order valence-electron chi connectivity index (χ2n) is 6.06. The van der Waals surface area contributed by atoms with E-state index in [1.54, 1.807) is 20.8 Å². The van der Waals surface area contributed by atoms with Gasteiger partial charge >= 0.3 is 12.1 Å². The average molecular weight is 349 g/mol. The van der Waals surface area contributed by atoms with Crippen LogP contribution >= 0.6 is 15.9 Å². The number of rotatable bonds is 5. The van der Waals surface area contributed by atoms with Gasteiger partial charge in [-0.25, -0.2) is 4.79 Å². The Morgan fingerprint density at radius 2 is 2.00 bits per heavy atom. The number of ether oxygens (including phenoxy) is 1. The van der Waals surface area contributed by atoms with Crippen LogP contribution in [-0.4, -0.2) is 52.8 Å². The zero-order chi connectivity index (χ0) is 15.6. The van der Waals surface area contributed by atoms with Crippen LogP contribution in [0.3, 0.4) is 0 Å². The van der Waals surface area contributed by atoms with Crippen molar-refractivity contribution >= 4 is 28.0 Å². The van der Waals surface area contributed by atoms with Crippen LogP contribution in [0.15, 0.2) is 11.1 Å². The van der Waals surface area contributed by atoms with Gasteiger partial charge in [0.25, 0.3) is 0 Å². The molecule has 0 aromatic carbocycles. The highest BCUT2D eigenvalue weighted by molar-refractivity contribution is 9.11. The van der Waals surface area contributed by atoms with Gasteiger partial charge < -0.3 is 20.1 Å². The summed E-state index contributed by atoms with van der Waals surface area (Å²) in [6.07, 6.45) is -0.468. The fourth-order valence-corrected chi connectivity index (χ4v) is 2.14. The molecule has 1 rings (SSSR count). The first-order chi connectivity index (χ1) is 9.03. The highest BCUT2D eigenvalue weighted by Gasteiger charge is 2.47. The van der Waals surface area contributed by atoms with Crippen LogP contribution in [0.4, 0.5) is 4.79 Å². The zero-order valence-corrected chi connectivity index (χ0v) is 13.6. The molecule has 1 saturated heterocycles. The minimum atomic E-state index is -0.901. The molecule has 0 saturated carbocycles. The fourth-order valence-electron chi connectivity index (χ4n) is 2.00. The van der Waals surface area contributed by atoms with Gasteiger partial charge in [-0.15, -0.1) is 0 Å². The van der Waals surface area contributed by atoms with Crippen LogP contribution in [0.25, 0.3) is 0 Å². The number of halogens is 1. The van der Waals surface area contributed by atoms with E-state index in [2.05, 4.69) is 27.8 Å². The minimum absolute atomic E-state index is 0.0490. The van der Waals surface area contributed by atoms with E-state index < -0.39 is 23.2 Å². The highest BCUT2D eigenvalue weighted by Crippen LogP contribution is 2.27. The van der Waals surface area contributed by atoms with E-state index in [0.29, 0.717) is 19.6 Å². The molecule has 1 amide bonds. The molecule has 0 spiro atoms. The molecule has 0 atom stereocenters. The molecule has 0 aliphatic carbocycles. The van der Waals surface area contributed by atoms with E-state index in [0.717, 1.165) is 4.48 Å². The standard InChI is InChI=1S/C13H21BrN2O4/c1-9(14)6-15-13(5-10(17)18)7-16(8-13)11(19)20-12(2,3)4/h15H,1,5-8H2,2-4H3,(H,17,18). The third kappa shape index (κ3) is 5.13. The molecule has 7 heteroatoms. The second-order valence-corrected chi connectivity index (χ2v) is 7.18. The monoisotopic (exact) mass is 348 g/mol. The Kier molecular flexibility index (Phi) is 5.21. The quantitative estimate of drug-likeness (QED) is 0.793. The number of hydrogen-bond donors (Lipinski definition) is 2. The Balaban J connectivity index is 2.58. The Morgan fingerprint density at radius 3 is 2.40 bits per heavy atom. The number of nitrogens with zero attached hydrogens (tertiary/aromatic N) is 1. The van der Waals surface area contributed by atoms with Crippen molar-refractivity contribution in [3.63, 3.8) is 0 Å². The zero-order valence-electron chi connectivity index (χ0n) is 12.0. The molecule has 20 heavy (non-hydrogen) atoms. The molecule has 1 aliphatic rings. The maximum Gasteiger partial charge on any atom is 0.410 e. The molecule has 1 aliphatic heterocycles. The summed E-state index contributed by atoms with van der Waals surface area (Å²) in [5, 5.41) is 12.1. The number of carboxylic acids is 1. The normalized spacial score (nSPS) is 17.3. The number of amides is 1. The van der Waals surface area contributed by atoms with Crippen LogP contribution in [0, 0.1) is 0 Å². The molecule has 1 fully saturated rings. The highest BCUT2D eigenvalue weighted by atomic mass is 79.9. The topological polar surface area (TPSA) is 78.9 Å². The van der Waals surface area contributed by atoms with Crippen molar-refractivity contribution in [3.05, 3.63) is 11.1 Å². The number of carbonyl (C=O) groups excluding carboxylic acids is 1. The van der Waals surface area contributed by atoms with E-state index in [-0.39, 0.29) is 6.42 Å². The lowest BCUT2D eigenvalue weighted by atomic mass is 9.86. The summed E-state index contributed by atoms with van der Waals surface area (Å²) in [7, 11) is 0. The summed E-state index contributed by atoms with van der Waals surface area (Å²) in [5.74, 6) is -0.901. The van der Waals surface area contributed by atoms with E-state index >= 15 is 0 Å². The molecular formula is C13H21BrN2O4. The second kappa shape index (κ2) is 6.13. The lowest BCUT2D eigenvalue weighted by molar-refractivity contribution is -0.141. The van der Waals surface area contributed by atoms with E-state index in [1.165, 1.54) is 4.90 Å². The molecule has 0 aromatic rings. The molecule has 0 bridgehead atoms. The molecule has 1 heterocycles. The summed E-state index contributed by atoms with van der Waals surface area (Å²) >= 11 is 3.22. The predicted molar refractivity (Wildman–Crippen MR) is 78.9 cm³/mol. The number of carbonyl (C=O) groups is 2. The van der Waals surface area contributed by atoms with Crippen molar-refractivity contribution in [3.8, 4) is 0 Å². The molecular weight excluding hydrogens is 328 g/mol. The van der Waals surface area contributed by atoms with Gasteiger partial charge in [0.15, 0.2) is 0 Å². The minimum Gasteiger partial charge on any atom is -0.481 e. The lowest BCUT2D eigenvalue weighted by Gasteiger charge is -2.49. The van der Waals surface area contributed by atoms with Crippen molar-refractivity contribution in [1.82, 2.24) is 10.2 Å². The van der Waals surface area contributed by atoms with E-state index in [4.69, 9.17) is 9.84 Å². The van der Waals surface area contributed by atoms with Crippen LogP contribution in [0.5, 0.6) is 0 Å². The SMILES string of the molecule is C=C(Br)CNC1(CC(=O)O)CN(C(=O)OC(C)(C)C)C1. The molecule has 114 valence electrons. The van der Waals surface area contributed by atoms with Crippen molar-refractivity contribution in [2.45, 2.75) is 38.3 Å². The number of likely N-dealkylation sites (tertiary alicyclic amines) is 1. The Bertz CT molecular complexity index is 411. The maximum atomic E-state index is 11.9. The molecule has 0 aromatic heterocycles. The van der Waals surface area contributed by atoms with Gasteiger partial charge in [-0.05, 0) is 20.8 Å². The van der Waals surface area contributed by atoms with Gasteiger partial charge in [0, 0.05) is 24.1 Å². The summed E-state index contributed by atoms with van der Waals surface area (Å²) in [6.45, 7) is 10.2. The first-order valence-electron chi connectivity index (χ1n) is 6.31. The summed E-state index contributed by atoms with van der Waals surface area (Å²) in [6, 6.07) is 0. The summed E-state index contributed by atoms with van der Waals surface area (Å²) in [5.41, 5.74) is -1.17. The van der Waals surface area contributed by atoms with Crippen LogP contribution in [0.2, 0.25) is 0 Å². The Hall–Kier alpha value is -1.08. The average Bonchev–Trinajstić information content (AvgIpc) is 2.17. The van der Waals surface area contributed by atoms with Crippen molar-refractivity contribution in [2.75, 3.05) is 19.6 Å². The van der Waals surface area contributed by atoms with Crippen molar-refractivity contribution in [2.24, 2.45) is 0 Å². The van der Waals surface area contributed by atoms with Crippen LogP contribution in [0.1, 0.15) is 27.2 Å². The van der Waals surface area contributed by atoms with Gasteiger partial charge in [-0.3, -0.25) is 4.79 Å². The third-order valence-corrected chi connectivity index (χ3v) is 3.06. The molecule has 0 unspecified atom stereocenters. The Morgan fingerprint density at radius 1 is 1.45 bits per heavy atom. The van der Waals surface area contributed by atoms with Crippen molar-refractivity contribution in [1.29, 1.82) is 0 Å². The maximum absolute atomic E-state index is 11.9. The lowest BCUT2D eigenvalue weighted by Crippen LogP contribution is -2.71. The van der Waals surface area contributed by atoms with Gasteiger partial charge in [0.2, 0.25) is 0 Å². The van der Waals surface area contributed by atoms with Crippen LogP contribution < -0.4 is 5.32 Å². The molecule has 0 radical (unpaired) electrons. The van der Waals surface area contributed by atoms with Gasteiger partial charge in [-0.1, -0.05) is 22.5 Å². The molecule has 2 N–H and O–H groups in total. The predicted octanol–water partition coefficient (Wildman–Crippen LogP) is 1.95. The third-order valence-electron chi connectivity index (χ3n) is 2.78. The summed E-state index contributed by atoms with van der Waals surface area (Å²) in [4.78, 5) is 24.3. The van der Waals surface area contributed by atoms with Crippen LogP contribution in [-0.2, 0) is 9.53 Å². The number of nitrogens with one attached hydrogen (secondary N) is 1. The Labute approximate surface area is 127 Å². The van der Waals surface area contributed by atoms with Gasteiger partial charge in [-0.2, -0.15) is 0 Å². The van der Waals surface area contributed by atoms with Crippen molar-refractivity contribution < 1.29 is 19.4 Å². The van der Waals surface area contributed by atoms with E-state index in [1.807, 2.05) is 0 Å². The number of aliphatic carboxylic acids is 1. The molecule has 6 nitrogen and oxygen atoms in total. The largest absolute Gasteiger partial charge is 0.481 e. The number of hydrogen-bond acceptors (Lipinski definition) is 4.